The van der Waals surface area contributed by atoms with E-state index in [2.05, 4.69) is 6.92 Å². The number of benzene rings is 1. The molecular formula is C18H32N2O3. The van der Waals surface area contributed by atoms with E-state index in [9.17, 15) is 5.11 Å². The normalized spacial score (nSPS) is 12.4. The summed E-state index contributed by atoms with van der Waals surface area (Å²) in [7, 11) is 3.61. The second-order valence-electron chi connectivity index (χ2n) is 5.74. The van der Waals surface area contributed by atoms with Gasteiger partial charge in [0.2, 0.25) is 0 Å². The van der Waals surface area contributed by atoms with Crippen molar-refractivity contribution in [1.29, 1.82) is 0 Å². The standard InChI is InChI=1S/C18H32N2O3/c1-4-5-6-7-13-23-18-15(9-8-10-17(18)22-3)16(14-19)20(2)11-12-21/h8-10,16,21H,4-7,11-14,19H2,1-3H3. The van der Waals surface area contributed by atoms with Crippen LogP contribution in [0, 0.1) is 0 Å². The Balaban J connectivity index is 2.91. The lowest BCUT2D eigenvalue weighted by Gasteiger charge is -2.28. The van der Waals surface area contributed by atoms with Crippen molar-refractivity contribution < 1.29 is 14.6 Å². The van der Waals surface area contributed by atoms with Crippen LogP contribution >= 0.6 is 0 Å². The van der Waals surface area contributed by atoms with Crippen LogP contribution in [0.5, 0.6) is 11.5 Å². The number of methoxy groups -OCH3 is 1. The van der Waals surface area contributed by atoms with E-state index in [1.54, 1.807) is 7.11 Å². The Labute approximate surface area is 140 Å². The summed E-state index contributed by atoms with van der Waals surface area (Å²) in [6, 6.07) is 5.87. The molecule has 0 spiro atoms. The number of nitrogens with two attached hydrogens (primary N) is 1. The van der Waals surface area contributed by atoms with E-state index >= 15 is 0 Å². The van der Waals surface area contributed by atoms with Gasteiger partial charge >= 0.3 is 0 Å². The zero-order chi connectivity index (χ0) is 17.1. The molecule has 1 rings (SSSR count). The molecule has 0 aliphatic heterocycles. The smallest absolute Gasteiger partial charge is 0.165 e. The predicted octanol–water partition coefficient (Wildman–Crippen LogP) is 2.58. The van der Waals surface area contributed by atoms with Gasteiger partial charge in [0.1, 0.15) is 0 Å². The summed E-state index contributed by atoms with van der Waals surface area (Å²) >= 11 is 0. The zero-order valence-electron chi connectivity index (χ0n) is 14.8. The molecule has 5 heteroatoms. The van der Waals surface area contributed by atoms with Crippen LogP contribution in [0.1, 0.15) is 44.2 Å². The molecule has 0 radical (unpaired) electrons. The van der Waals surface area contributed by atoms with E-state index < -0.39 is 0 Å². The number of rotatable bonds is 12. The summed E-state index contributed by atoms with van der Waals surface area (Å²) in [5.74, 6) is 1.50. The highest BCUT2D eigenvalue weighted by molar-refractivity contribution is 5.48. The average molecular weight is 324 g/mol. The number of unbranched alkanes of at least 4 members (excludes halogenated alkanes) is 3. The van der Waals surface area contributed by atoms with Gasteiger partial charge in [-0.25, -0.2) is 0 Å². The Morgan fingerprint density at radius 1 is 1.26 bits per heavy atom. The Morgan fingerprint density at radius 3 is 2.65 bits per heavy atom. The van der Waals surface area contributed by atoms with Crippen molar-refractivity contribution in [3.05, 3.63) is 23.8 Å². The number of aliphatic hydroxyl groups excluding tert-OH is 1. The maximum absolute atomic E-state index is 9.18. The molecule has 0 fully saturated rings. The second-order valence-corrected chi connectivity index (χ2v) is 5.74. The van der Waals surface area contributed by atoms with Gasteiger partial charge in [0.05, 0.1) is 26.4 Å². The van der Waals surface area contributed by atoms with Crippen molar-refractivity contribution in [2.24, 2.45) is 5.73 Å². The molecule has 1 atom stereocenters. The van der Waals surface area contributed by atoms with Crippen molar-refractivity contribution in [3.63, 3.8) is 0 Å². The SMILES string of the molecule is CCCCCCOc1c(OC)cccc1C(CN)N(C)CCO. The molecule has 3 N–H and O–H groups in total. The predicted molar refractivity (Wildman–Crippen MR) is 94.1 cm³/mol. The highest BCUT2D eigenvalue weighted by Gasteiger charge is 2.21. The minimum atomic E-state index is -0.0112. The highest BCUT2D eigenvalue weighted by atomic mass is 16.5. The van der Waals surface area contributed by atoms with E-state index in [-0.39, 0.29) is 12.6 Å². The summed E-state index contributed by atoms with van der Waals surface area (Å²) < 4.78 is 11.5. The van der Waals surface area contributed by atoms with Crippen LogP contribution < -0.4 is 15.2 Å². The summed E-state index contributed by atoms with van der Waals surface area (Å²) in [5.41, 5.74) is 6.98. The van der Waals surface area contributed by atoms with Crippen LogP contribution in [0.25, 0.3) is 0 Å². The number of likely N-dealkylation sites (N-methyl/N-ethyl adjacent to an activating group) is 1. The number of hydrogen-bond donors (Lipinski definition) is 2. The summed E-state index contributed by atoms with van der Waals surface area (Å²) in [6.45, 7) is 3.99. The monoisotopic (exact) mass is 324 g/mol. The lowest BCUT2D eigenvalue weighted by molar-refractivity contribution is 0.179. The Hall–Kier alpha value is -1.30. The van der Waals surface area contributed by atoms with Gasteiger partial charge in [-0.1, -0.05) is 38.3 Å². The van der Waals surface area contributed by atoms with E-state index in [4.69, 9.17) is 15.2 Å². The van der Waals surface area contributed by atoms with Gasteiger partial charge in [-0.3, -0.25) is 4.90 Å². The molecule has 0 bridgehead atoms. The first-order valence-electron chi connectivity index (χ1n) is 8.50. The lowest BCUT2D eigenvalue weighted by atomic mass is 10.0. The molecule has 0 saturated heterocycles. The van der Waals surface area contributed by atoms with Crippen LogP contribution in [0.15, 0.2) is 18.2 Å². The third-order valence-corrected chi connectivity index (χ3v) is 4.04. The quantitative estimate of drug-likeness (QED) is 0.578. The number of nitrogens with zero attached hydrogens (tertiary/aromatic N) is 1. The number of para-hydroxylation sites is 1. The molecule has 0 amide bonds. The fraction of sp³-hybridized carbons (Fsp3) is 0.667. The largest absolute Gasteiger partial charge is 0.493 e. The third-order valence-electron chi connectivity index (χ3n) is 4.04. The molecule has 1 unspecified atom stereocenters. The highest BCUT2D eigenvalue weighted by Crippen LogP contribution is 2.36. The van der Waals surface area contributed by atoms with E-state index in [1.165, 1.54) is 19.3 Å². The minimum Gasteiger partial charge on any atom is -0.493 e. The average Bonchev–Trinajstić information content (AvgIpc) is 2.56. The Morgan fingerprint density at radius 2 is 2.04 bits per heavy atom. The van der Waals surface area contributed by atoms with Gasteiger partial charge < -0.3 is 20.3 Å². The molecule has 1 aromatic carbocycles. The van der Waals surface area contributed by atoms with Gasteiger partial charge in [0.15, 0.2) is 11.5 Å². The van der Waals surface area contributed by atoms with Crippen molar-refractivity contribution in [3.8, 4) is 11.5 Å². The molecule has 0 aliphatic rings. The van der Waals surface area contributed by atoms with E-state index in [0.717, 1.165) is 23.5 Å². The lowest BCUT2D eigenvalue weighted by Crippen LogP contribution is -2.33. The van der Waals surface area contributed by atoms with Crippen molar-refractivity contribution in [1.82, 2.24) is 4.90 Å². The van der Waals surface area contributed by atoms with Gasteiger partial charge in [0.25, 0.3) is 0 Å². The van der Waals surface area contributed by atoms with Crippen molar-refractivity contribution in [2.75, 3.05) is 40.5 Å². The van der Waals surface area contributed by atoms with Crippen LogP contribution in [-0.4, -0.2) is 50.5 Å². The summed E-state index contributed by atoms with van der Waals surface area (Å²) in [6.07, 6.45) is 4.64. The first-order chi connectivity index (χ1) is 11.2. The second kappa shape index (κ2) is 11.3. The summed E-state index contributed by atoms with van der Waals surface area (Å²) in [4.78, 5) is 2.04. The Kier molecular flexibility index (Phi) is 9.67. The van der Waals surface area contributed by atoms with Gasteiger partial charge in [-0.05, 0) is 19.5 Å². The first kappa shape index (κ1) is 19.7. The van der Waals surface area contributed by atoms with Gasteiger partial charge in [-0.15, -0.1) is 0 Å². The maximum atomic E-state index is 9.18. The van der Waals surface area contributed by atoms with E-state index in [1.807, 2.05) is 30.1 Å². The van der Waals surface area contributed by atoms with Crippen LogP contribution in [-0.2, 0) is 0 Å². The van der Waals surface area contributed by atoms with Gasteiger partial charge in [-0.2, -0.15) is 0 Å². The number of aliphatic hydroxyl groups is 1. The zero-order valence-corrected chi connectivity index (χ0v) is 14.8. The molecule has 1 aromatic rings. The fourth-order valence-corrected chi connectivity index (χ4v) is 2.67. The molecule has 0 saturated carbocycles. The number of ether oxygens (including phenoxy) is 2. The van der Waals surface area contributed by atoms with E-state index in [0.29, 0.717) is 19.7 Å². The number of hydrogen-bond acceptors (Lipinski definition) is 5. The van der Waals surface area contributed by atoms with Crippen LogP contribution in [0.4, 0.5) is 0 Å². The molecular weight excluding hydrogens is 292 g/mol. The third kappa shape index (κ3) is 6.01. The molecule has 0 heterocycles. The molecule has 23 heavy (non-hydrogen) atoms. The topological polar surface area (TPSA) is 68.0 Å². The molecule has 0 aromatic heterocycles. The maximum Gasteiger partial charge on any atom is 0.165 e. The first-order valence-corrected chi connectivity index (χ1v) is 8.50. The van der Waals surface area contributed by atoms with Gasteiger partial charge in [0, 0.05) is 18.7 Å². The minimum absolute atomic E-state index is 0.0112. The molecule has 5 nitrogen and oxygen atoms in total. The summed E-state index contributed by atoms with van der Waals surface area (Å²) in [5, 5.41) is 9.18. The van der Waals surface area contributed by atoms with Crippen molar-refractivity contribution >= 4 is 0 Å². The molecule has 0 aliphatic carbocycles. The van der Waals surface area contributed by atoms with Crippen molar-refractivity contribution in [2.45, 2.75) is 38.6 Å². The fourth-order valence-electron chi connectivity index (χ4n) is 2.67. The van der Waals surface area contributed by atoms with Crippen LogP contribution in [0.3, 0.4) is 0 Å². The van der Waals surface area contributed by atoms with Crippen LogP contribution in [0.2, 0.25) is 0 Å². The Bertz CT molecular complexity index is 440. The molecule has 132 valence electrons.